The Bertz CT molecular complexity index is 1920. The average molecular weight is 651 g/mol. The van der Waals surface area contributed by atoms with Crippen molar-refractivity contribution < 1.29 is 33.4 Å². The number of aromatic nitrogens is 1. The normalized spacial score (nSPS) is 22.8. The van der Waals surface area contributed by atoms with Crippen LogP contribution >= 0.6 is 0 Å². The summed E-state index contributed by atoms with van der Waals surface area (Å²) in [6.07, 6.45) is -1.89. The molecule has 1 aromatic heterocycles. The summed E-state index contributed by atoms with van der Waals surface area (Å²) in [7, 11) is 1.29. The number of oxazole rings is 1. The van der Waals surface area contributed by atoms with Crippen molar-refractivity contribution >= 4 is 23.5 Å². The molecule has 3 aliphatic heterocycles. The number of methoxy groups -OCH3 is 1. The van der Waals surface area contributed by atoms with E-state index in [1.54, 1.807) is 13.8 Å². The van der Waals surface area contributed by atoms with E-state index in [-0.39, 0.29) is 35.6 Å². The Morgan fingerprint density at radius 2 is 1.79 bits per heavy atom. The minimum Gasteiger partial charge on any atom is -0.469 e. The van der Waals surface area contributed by atoms with E-state index >= 15 is 0 Å². The van der Waals surface area contributed by atoms with E-state index in [0.717, 1.165) is 27.9 Å². The van der Waals surface area contributed by atoms with Crippen molar-refractivity contribution in [2.45, 2.75) is 63.9 Å². The molecule has 4 bridgehead atoms. The second kappa shape index (κ2) is 11.8. The third-order valence-corrected chi connectivity index (χ3v) is 9.54. The van der Waals surface area contributed by atoms with Crippen LogP contribution in [0.2, 0.25) is 0 Å². The highest BCUT2D eigenvalue weighted by molar-refractivity contribution is 5.93. The highest BCUT2D eigenvalue weighted by Gasteiger charge is 2.61. The van der Waals surface area contributed by atoms with Crippen molar-refractivity contribution in [3.8, 4) is 16.9 Å². The van der Waals surface area contributed by atoms with Gasteiger partial charge in [-0.2, -0.15) is 0 Å². The fraction of sp³-hybridized carbons (Fsp3) is 0.351. The van der Waals surface area contributed by atoms with Crippen LogP contribution in [0.5, 0.6) is 5.75 Å². The fourth-order valence-corrected chi connectivity index (χ4v) is 7.03. The number of para-hydroxylation sites is 1. The van der Waals surface area contributed by atoms with E-state index in [1.165, 1.54) is 7.11 Å². The van der Waals surface area contributed by atoms with Crippen LogP contribution in [0.1, 0.15) is 72.6 Å². The fourth-order valence-electron chi connectivity index (χ4n) is 7.03. The molecule has 1 unspecified atom stereocenters. The van der Waals surface area contributed by atoms with Crippen LogP contribution in [0.15, 0.2) is 71.1 Å². The number of carbonyl (C=O) groups excluding carboxylic acids is 3. The lowest BCUT2D eigenvalue weighted by molar-refractivity contribution is -0.135. The zero-order valence-electron chi connectivity index (χ0n) is 27.4. The molecule has 0 radical (unpaired) electrons. The molecule has 2 amide bonds. The number of fused-ring (bicyclic) bond motifs is 4. The maximum Gasteiger partial charge on any atom is 0.360 e. The van der Waals surface area contributed by atoms with E-state index in [4.69, 9.17) is 18.9 Å². The summed E-state index contributed by atoms with van der Waals surface area (Å²) in [6, 6.07) is 19.8. The maximum atomic E-state index is 13.9. The molecule has 5 atom stereocenters. The molecule has 0 saturated carbocycles. The van der Waals surface area contributed by atoms with Crippen molar-refractivity contribution in [3.63, 3.8) is 0 Å². The van der Waals surface area contributed by atoms with Crippen molar-refractivity contribution in [1.29, 1.82) is 0 Å². The van der Waals surface area contributed by atoms with Crippen LogP contribution in [0, 0.1) is 11.8 Å². The maximum absolute atomic E-state index is 13.9. The van der Waals surface area contributed by atoms with Crippen LogP contribution in [0.25, 0.3) is 11.1 Å². The third kappa shape index (κ3) is 4.83. The van der Waals surface area contributed by atoms with Gasteiger partial charge in [-0.15, -0.1) is 0 Å². The Kier molecular flexibility index (Phi) is 7.74. The Hall–Kier alpha value is -5.16. The Morgan fingerprint density at radius 1 is 1.02 bits per heavy atom. The van der Waals surface area contributed by atoms with Gasteiger partial charge in [0.25, 0.3) is 0 Å². The van der Waals surface area contributed by atoms with Gasteiger partial charge in [-0.1, -0.05) is 88.4 Å². The molecular weight excluding hydrogens is 612 g/mol. The first-order chi connectivity index (χ1) is 23.0. The molecule has 3 aliphatic rings. The molecular formula is C37H38N4O7. The van der Waals surface area contributed by atoms with Crippen LogP contribution < -0.4 is 20.7 Å². The summed E-state index contributed by atoms with van der Waals surface area (Å²) < 4.78 is 18.6. The second-order valence-electron chi connectivity index (χ2n) is 13.3. The molecule has 11 heteroatoms. The molecule has 248 valence electrons. The number of aliphatic hydroxyl groups excluding tert-OH is 1. The second-order valence-corrected chi connectivity index (χ2v) is 13.3. The molecule has 0 saturated heterocycles. The van der Waals surface area contributed by atoms with E-state index in [9.17, 15) is 19.5 Å². The number of hydrogen-bond acceptors (Lipinski definition) is 9. The summed E-state index contributed by atoms with van der Waals surface area (Å²) >= 11 is 0. The van der Waals surface area contributed by atoms with Gasteiger partial charge >= 0.3 is 5.97 Å². The first-order valence-electron chi connectivity index (χ1n) is 16.2. The van der Waals surface area contributed by atoms with Gasteiger partial charge in [0, 0.05) is 28.8 Å². The number of carbonyl (C=O) groups is 3. The number of rotatable bonds is 6. The molecule has 11 nitrogen and oxygen atoms in total. The summed E-state index contributed by atoms with van der Waals surface area (Å²) in [5.41, 5.74) is 3.82. The van der Waals surface area contributed by atoms with Gasteiger partial charge in [-0.25, -0.2) is 9.78 Å². The number of aliphatic hydroxyl groups is 1. The van der Waals surface area contributed by atoms with E-state index < -0.39 is 47.6 Å². The number of nitrogens with zero attached hydrogens (tertiary/aromatic N) is 1. The summed E-state index contributed by atoms with van der Waals surface area (Å²) in [6.45, 7) is 7.25. The molecule has 7 rings (SSSR count). The zero-order valence-corrected chi connectivity index (χ0v) is 27.4. The van der Waals surface area contributed by atoms with Gasteiger partial charge in [-0.3, -0.25) is 9.59 Å². The third-order valence-electron chi connectivity index (χ3n) is 9.54. The predicted molar refractivity (Wildman–Crippen MR) is 176 cm³/mol. The Labute approximate surface area is 278 Å². The van der Waals surface area contributed by atoms with Crippen molar-refractivity contribution in [3.05, 3.63) is 101 Å². The molecule has 0 aliphatic carbocycles. The van der Waals surface area contributed by atoms with Crippen LogP contribution in [0.3, 0.4) is 0 Å². The zero-order chi connectivity index (χ0) is 33.9. The lowest BCUT2D eigenvalue weighted by atomic mass is 9.72. The van der Waals surface area contributed by atoms with Gasteiger partial charge in [0.05, 0.1) is 7.11 Å². The monoisotopic (exact) mass is 650 g/mol. The molecule has 4 heterocycles. The molecule has 0 fully saturated rings. The first-order valence-corrected chi connectivity index (χ1v) is 16.2. The topological polar surface area (TPSA) is 152 Å². The summed E-state index contributed by atoms with van der Waals surface area (Å²) in [5, 5.41) is 19.9. The Balaban J connectivity index is 1.49. The number of amides is 2. The number of hydrogen-bond donors (Lipinski definition) is 4. The summed E-state index contributed by atoms with van der Waals surface area (Å²) in [5.74, 6) is -1.48. The predicted octanol–water partition coefficient (Wildman–Crippen LogP) is 4.48. The SMILES string of the molecule is COC(=O)c1nc2oc1[C@]13c4cc(ccc4OC1Nc1c(-c4ccccc4)cccc13)C[C@H](NC(=O)[C@@H](O)C(C)C)C(=O)N[C@H]2C(C)C. The van der Waals surface area contributed by atoms with E-state index in [0.29, 0.717) is 11.3 Å². The number of anilines is 1. The standard InChI is InChI=1S/C37H38N4O7/c1-18(2)27-34-40-29(35(45)46-5)31(48-34)37-23-13-9-12-22(21-10-7-6-8-11-21)28(23)41-36(37)47-26-15-14-20(16-24(26)37)17-25(32(43)39-27)38-33(44)30(42)19(3)4/h6-16,18-19,25,27,30,36,41-42H,17H2,1-5H3,(H,38,44)(H,39,43)/t25-,27-,30-,36?,37-/m0/s1. The minimum atomic E-state index is -1.30. The average Bonchev–Trinajstić information content (AvgIpc) is 3.75. The highest BCUT2D eigenvalue weighted by atomic mass is 16.5. The van der Waals surface area contributed by atoms with Crippen molar-refractivity contribution in [2.24, 2.45) is 11.8 Å². The number of esters is 1. The van der Waals surface area contributed by atoms with Gasteiger partial charge < -0.3 is 34.9 Å². The van der Waals surface area contributed by atoms with Gasteiger partial charge in [0.15, 0.2) is 17.7 Å². The smallest absolute Gasteiger partial charge is 0.360 e. The number of nitrogens with one attached hydrogen (secondary N) is 3. The molecule has 4 aromatic rings. The summed E-state index contributed by atoms with van der Waals surface area (Å²) in [4.78, 5) is 45.2. The van der Waals surface area contributed by atoms with Gasteiger partial charge in [0.1, 0.15) is 29.4 Å². The lowest BCUT2D eigenvalue weighted by Crippen LogP contribution is -2.52. The first kappa shape index (κ1) is 31.4. The lowest BCUT2D eigenvalue weighted by Gasteiger charge is -2.29. The molecule has 4 N–H and O–H groups in total. The van der Waals surface area contributed by atoms with Crippen LogP contribution in [0.4, 0.5) is 5.69 Å². The van der Waals surface area contributed by atoms with Crippen molar-refractivity contribution in [1.82, 2.24) is 15.6 Å². The molecule has 48 heavy (non-hydrogen) atoms. The molecule has 1 spiro atoms. The van der Waals surface area contributed by atoms with E-state index in [2.05, 4.69) is 16.0 Å². The number of ether oxygens (including phenoxy) is 2. The Morgan fingerprint density at radius 3 is 2.50 bits per heavy atom. The van der Waals surface area contributed by atoms with Gasteiger partial charge in [-0.05, 0) is 29.0 Å². The van der Waals surface area contributed by atoms with Crippen LogP contribution in [-0.2, 0) is 26.2 Å². The largest absolute Gasteiger partial charge is 0.469 e. The number of benzene rings is 3. The van der Waals surface area contributed by atoms with Crippen LogP contribution in [-0.4, -0.2) is 53.4 Å². The van der Waals surface area contributed by atoms with Crippen molar-refractivity contribution in [2.75, 3.05) is 12.4 Å². The molecule has 3 aromatic carbocycles. The van der Waals surface area contributed by atoms with Gasteiger partial charge in [0.2, 0.25) is 17.7 Å². The minimum absolute atomic E-state index is 0.0248. The van der Waals surface area contributed by atoms with E-state index in [1.807, 2.05) is 80.6 Å². The highest BCUT2D eigenvalue weighted by Crippen LogP contribution is 2.60. The quantitative estimate of drug-likeness (QED) is 0.222.